The van der Waals surface area contributed by atoms with E-state index in [-0.39, 0.29) is 11.1 Å². The summed E-state index contributed by atoms with van der Waals surface area (Å²) in [4.78, 5) is 25.6. The second-order valence-electron chi connectivity index (χ2n) is 11.8. The lowest BCUT2D eigenvalue weighted by Crippen LogP contribution is -2.36. The number of aryl methyl sites for hydroxylation is 2. The number of carbonyl (C=O) groups is 2. The minimum atomic E-state index is -0.850. The fourth-order valence-electron chi connectivity index (χ4n) is 5.97. The van der Waals surface area contributed by atoms with Crippen molar-refractivity contribution in [3.8, 4) is 34.5 Å². The van der Waals surface area contributed by atoms with Crippen molar-refractivity contribution in [2.75, 3.05) is 28.4 Å². The van der Waals surface area contributed by atoms with Gasteiger partial charge in [-0.25, -0.2) is 0 Å². The molecule has 2 amide bonds. The number of methoxy groups -OCH3 is 4. The molecule has 1 fully saturated rings. The normalized spacial score (nSPS) is 13.5. The largest absolute Gasteiger partial charge is 0.493 e. The maximum Gasteiger partial charge on any atom is 0.286 e. The van der Waals surface area contributed by atoms with E-state index < -0.39 is 4.75 Å². The molecule has 49 heavy (non-hydrogen) atoms. The molecule has 5 rings (SSSR count). The van der Waals surface area contributed by atoms with Gasteiger partial charge in [0.2, 0.25) is 17.4 Å². The first kappa shape index (κ1) is 35.5. The fourth-order valence-corrected chi connectivity index (χ4v) is 7.10. The van der Waals surface area contributed by atoms with Crippen molar-refractivity contribution in [3.63, 3.8) is 0 Å². The molecule has 0 radical (unpaired) electrons. The van der Waals surface area contributed by atoms with Crippen LogP contribution in [-0.4, -0.2) is 44.3 Å². The Hall–Kier alpha value is -4.83. The van der Waals surface area contributed by atoms with Crippen molar-refractivity contribution in [2.24, 2.45) is 0 Å². The monoisotopic (exact) mass is 685 g/mol. The number of nitrogens with one attached hydrogen (secondary N) is 1. The van der Waals surface area contributed by atoms with Crippen molar-refractivity contribution in [1.82, 2.24) is 5.32 Å². The predicted octanol–water partition coefficient (Wildman–Crippen LogP) is 7.95. The average Bonchev–Trinajstić information content (AvgIpc) is 3.41. The molecule has 1 N–H and O–H groups in total. The summed E-state index contributed by atoms with van der Waals surface area (Å²) in [5.41, 5.74) is 4.04. The number of rotatable bonds is 18. The Morgan fingerprint density at radius 2 is 0.959 bits per heavy atom. The smallest absolute Gasteiger partial charge is 0.286 e. The Balaban J connectivity index is 1.23. The molecule has 9 nitrogen and oxygen atoms in total. The lowest BCUT2D eigenvalue weighted by molar-refractivity contribution is -0.122. The summed E-state index contributed by atoms with van der Waals surface area (Å²) in [6, 6.07) is 27.5. The predicted molar refractivity (Wildman–Crippen MR) is 190 cm³/mol. The minimum Gasteiger partial charge on any atom is -0.493 e. The minimum absolute atomic E-state index is 0.234. The molecule has 1 saturated heterocycles. The van der Waals surface area contributed by atoms with Crippen LogP contribution < -0.4 is 33.7 Å². The van der Waals surface area contributed by atoms with Gasteiger partial charge in [0, 0.05) is 0 Å². The third-order valence-electron chi connectivity index (χ3n) is 8.50. The highest BCUT2D eigenvalue weighted by Crippen LogP contribution is 2.44. The van der Waals surface area contributed by atoms with Gasteiger partial charge in [0.05, 0.1) is 28.4 Å². The van der Waals surface area contributed by atoms with Crippen LogP contribution >= 0.6 is 11.8 Å². The average molecular weight is 686 g/mol. The second-order valence-corrected chi connectivity index (χ2v) is 13.1. The van der Waals surface area contributed by atoms with Gasteiger partial charge in [-0.1, -0.05) is 60.7 Å². The van der Waals surface area contributed by atoms with Gasteiger partial charge in [-0.2, -0.15) is 0 Å². The van der Waals surface area contributed by atoms with Crippen LogP contribution in [0.3, 0.4) is 0 Å². The molecule has 0 aliphatic carbocycles. The maximum absolute atomic E-state index is 13.2. The number of imide groups is 1. The number of carbonyl (C=O) groups excluding carboxylic acids is 2. The van der Waals surface area contributed by atoms with Crippen LogP contribution in [0.25, 0.3) is 0 Å². The van der Waals surface area contributed by atoms with E-state index in [1.165, 1.54) is 0 Å². The molecule has 0 spiro atoms. The quantitative estimate of drug-likeness (QED) is 0.112. The molecule has 1 aliphatic rings. The van der Waals surface area contributed by atoms with E-state index in [0.29, 0.717) is 86.2 Å². The van der Waals surface area contributed by atoms with E-state index in [1.807, 2.05) is 84.9 Å². The van der Waals surface area contributed by atoms with Crippen LogP contribution in [0.2, 0.25) is 0 Å². The molecule has 0 aromatic heterocycles. The van der Waals surface area contributed by atoms with E-state index in [9.17, 15) is 9.59 Å². The Morgan fingerprint density at radius 1 is 0.571 bits per heavy atom. The van der Waals surface area contributed by atoms with Crippen molar-refractivity contribution in [2.45, 2.75) is 56.5 Å². The molecule has 10 heteroatoms. The third kappa shape index (κ3) is 9.00. The zero-order valence-electron chi connectivity index (χ0n) is 28.4. The summed E-state index contributed by atoms with van der Waals surface area (Å²) in [6.45, 7) is 0.753. The molecule has 1 heterocycles. The van der Waals surface area contributed by atoms with E-state index in [1.54, 1.807) is 28.4 Å². The maximum atomic E-state index is 13.2. The first-order valence-corrected chi connectivity index (χ1v) is 17.1. The van der Waals surface area contributed by atoms with E-state index in [0.717, 1.165) is 34.0 Å². The van der Waals surface area contributed by atoms with Crippen molar-refractivity contribution in [1.29, 1.82) is 0 Å². The fraction of sp³-hybridized carbons (Fsp3) is 0.333. The summed E-state index contributed by atoms with van der Waals surface area (Å²) in [6.07, 6.45) is 3.75. The van der Waals surface area contributed by atoms with Gasteiger partial charge in [0.25, 0.3) is 5.24 Å². The number of hydrogen-bond donors (Lipinski definition) is 1. The Kier molecular flexibility index (Phi) is 12.3. The van der Waals surface area contributed by atoms with Crippen LogP contribution in [0.1, 0.15) is 47.9 Å². The van der Waals surface area contributed by atoms with Gasteiger partial charge < -0.3 is 28.4 Å². The number of hydrogen-bond acceptors (Lipinski definition) is 9. The Morgan fingerprint density at radius 3 is 1.29 bits per heavy atom. The zero-order valence-corrected chi connectivity index (χ0v) is 29.2. The molecule has 4 aromatic rings. The number of amides is 2. The molecular formula is C39H43NO8S. The van der Waals surface area contributed by atoms with Crippen LogP contribution in [0.15, 0.2) is 84.9 Å². The molecular weight excluding hydrogens is 642 g/mol. The molecule has 1 aliphatic heterocycles. The van der Waals surface area contributed by atoms with Crippen molar-refractivity contribution in [3.05, 3.63) is 107 Å². The molecule has 4 aromatic carbocycles. The van der Waals surface area contributed by atoms with Gasteiger partial charge in [0.1, 0.15) is 18.0 Å². The third-order valence-corrected chi connectivity index (χ3v) is 9.77. The molecule has 258 valence electrons. The summed E-state index contributed by atoms with van der Waals surface area (Å²) in [5, 5.41) is 2.21. The molecule has 0 unspecified atom stereocenters. The summed E-state index contributed by atoms with van der Waals surface area (Å²) in [5.74, 6) is 3.14. The molecule has 0 bridgehead atoms. The van der Waals surface area contributed by atoms with E-state index >= 15 is 0 Å². The number of ether oxygens (including phenoxy) is 6. The molecule has 0 saturated carbocycles. The van der Waals surface area contributed by atoms with Crippen LogP contribution in [0.5, 0.6) is 34.5 Å². The zero-order chi connectivity index (χ0) is 34.6. The highest BCUT2D eigenvalue weighted by atomic mass is 32.2. The van der Waals surface area contributed by atoms with E-state index in [2.05, 4.69) is 5.32 Å². The van der Waals surface area contributed by atoms with Crippen molar-refractivity contribution < 1.29 is 38.0 Å². The topological polar surface area (TPSA) is 102 Å². The Labute approximate surface area is 292 Å². The van der Waals surface area contributed by atoms with Gasteiger partial charge in [0.15, 0.2) is 23.0 Å². The van der Waals surface area contributed by atoms with Gasteiger partial charge >= 0.3 is 0 Å². The number of benzene rings is 4. The lowest BCUT2D eigenvalue weighted by Gasteiger charge is -2.24. The van der Waals surface area contributed by atoms with E-state index in [4.69, 9.17) is 28.4 Å². The SMILES string of the molecule is COc1cc(CCCC2(CCCc3cc(OC)c(OCc4ccccc4)c(OC)c3)SC(=O)NC2=O)cc(OC)c1OCc1ccccc1. The van der Waals surface area contributed by atoms with Crippen LogP contribution in [0, 0.1) is 0 Å². The van der Waals surface area contributed by atoms with Gasteiger partial charge in [-0.05, 0) is 96.8 Å². The summed E-state index contributed by atoms with van der Waals surface area (Å²) in [7, 11) is 6.41. The second kappa shape index (κ2) is 17.0. The summed E-state index contributed by atoms with van der Waals surface area (Å²) >= 11 is 1.10. The number of thioether (sulfide) groups is 1. The highest BCUT2D eigenvalue weighted by Gasteiger charge is 2.46. The van der Waals surface area contributed by atoms with Crippen LogP contribution in [-0.2, 0) is 30.8 Å². The van der Waals surface area contributed by atoms with Crippen LogP contribution in [0.4, 0.5) is 4.79 Å². The highest BCUT2D eigenvalue weighted by molar-refractivity contribution is 8.16. The Bertz CT molecular complexity index is 1550. The molecule has 0 atom stereocenters. The van der Waals surface area contributed by atoms with Crippen molar-refractivity contribution >= 4 is 22.9 Å². The first-order chi connectivity index (χ1) is 23.9. The summed E-state index contributed by atoms with van der Waals surface area (Å²) < 4.78 is 34.0. The first-order valence-electron chi connectivity index (χ1n) is 16.3. The lowest BCUT2D eigenvalue weighted by atomic mass is 9.91. The van der Waals surface area contributed by atoms with Gasteiger partial charge in [-0.15, -0.1) is 0 Å². The van der Waals surface area contributed by atoms with Gasteiger partial charge in [-0.3, -0.25) is 14.9 Å². The standard InChI is InChI=1S/C39H43NO8S/c1-43-31-21-29(22-32(44-2)35(31)47-25-27-13-7-5-8-14-27)17-11-19-39(37(41)40-38(42)49-39)20-12-18-30-23-33(45-3)36(34(24-30)46-4)48-26-28-15-9-6-10-16-28/h5-10,13-16,21-24H,11-12,17-20,25-26H2,1-4H3,(H,40,41,42).